The van der Waals surface area contributed by atoms with Gasteiger partial charge in [0, 0.05) is 48.7 Å². The van der Waals surface area contributed by atoms with Crippen LogP contribution >= 0.6 is 0 Å². The van der Waals surface area contributed by atoms with E-state index in [1.54, 1.807) is 11.2 Å². The lowest BCUT2D eigenvalue weighted by atomic mass is 10.0. The molecule has 0 aliphatic carbocycles. The summed E-state index contributed by atoms with van der Waals surface area (Å²) in [5, 5.41) is 11.7. The number of nitrogens with one attached hydrogen (secondary N) is 1. The molecule has 2 aliphatic heterocycles. The Morgan fingerprint density at radius 3 is 2.11 bits per heavy atom. The minimum Gasteiger partial charge on any atom is -0.282 e. The molecule has 2 aliphatic rings. The number of hydrogen-bond acceptors (Lipinski definition) is 6. The molecule has 0 bridgehead atoms. The summed E-state index contributed by atoms with van der Waals surface area (Å²) >= 11 is 0. The molecule has 202 valence electrons. The molecule has 2 aromatic rings. The highest BCUT2D eigenvalue weighted by Crippen LogP contribution is 2.30. The lowest BCUT2D eigenvalue weighted by Crippen LogP contribution is -2.39. The first kappa shape index (κ1) is 27.3. The Bertz CT molecular complexity index is 1310. The average Bonchev–Trinajstić information content (AvgIpc) is 3.14. The lowest BCUT2D eigenvalue weighted by molar-refractivity contribution is 0.394. The molecule has 4 heterocycles. The van der Waals surface area contributed by atoms with Gasteiger partial charge in [-0.05, 0) is 44.4 Å². The molecule has 36 heavy (non-hydrogen) atoms. The normalized spacial score (nSPS) is 19.2. The number of sulfonamides is 2. The van der Waals surface area contributed by atoms with Crippen molar-refractivity contribution in [3.63, 3.8) is 0 Å². The van der Waals surface area contributed by atoms with E-state index < -0.39 is 25.3 Å². The molecule has 0 amide bonds. The molecule has 12 heteroatoms. The molecule has 0 aromatic carbocycles. The number of nitrogens with zero attached hydrogens (tertiary/aromatic N) is 5. The van der Waals surface area contributed by atoms with Gasteiger partial charge in [0.25, 0.3) is 0 Å². The van der Waals surface area contributed by atoms with Crippen LogP contribution in [0.2, 0.25) is 0 Å². The molecule has 0 saturated heterocycles. The van der Waals surface area contributed by atoms with Crippen LogP contribution in [0.25, 0.3) is 0 Å². The van der Waals surface area contributed by atoms with E-state index in [9.17, 15) is 16.8 Å². The molecular weight excluding hydrogens is 500 g/mol. The van der Waals surface area contributed by atoms with Crippen LogP contribution in [0.4, 0.5) is 0 Å². The van der Waals surface area contributed by atoms with Gasteiger partial charge in [-0.1, -0.05) is 27.7 Å². The van der Waals surface area contributed by atoms with Crippen molar-refractivity contribution in [3.05, 3.63) is 33.9 Å². The highest BCUT2D eigenvalue weighted by atomic mass is 32.2. The van der Waals surface area contributed by atoms with Gasteiger partial charge in [0.05, 0.1) is 29.4 Å². The van der Waals surface area contributed by atoms with Crippen LogP contribution in [0.1, 0.15) is 93.2 Å². The van der Waals surface area contributed by atoms with Gasteiger partial charge in [0.2, 0.25) is 20.0 Å². The van der Waals surface area contributed by atoms with Gasteiger partial charge >= 0.3 is 0 Å². The predicted octanol–water partition coefficient (Wildman–Crippen LogP) is 2.73. The highest BCUT2D eigenvalue weighted by Gasteiger charge is 2.35. The molecule has 2 aromatic heterocycles. The third-order valence-corrected chi connectivity index (χ3v) is 10.8. The van der Waals surface area contributed by atoms with E-state index in [1.165, 1.54) is 10.6 Å². The van der Waals surface area contributed by atoms with Crippen LogP contribution in [-0.4, -0.2) is 70.0 Å². The summed E-state index contributed by atoms with van der Waals surface area (Å²) in [5.74, 6) is 0.316. The minimum absolute atomic E-state index is 0.103. The van der Waals surface area contributed by atoms with Crippen molar-refractivity contribution < 1.29 is 16.8 Å². The molecule has 0 fully saturated rings. The standard InChI is InChI=1S/C24H40N6O4S2/c1-16(2)23-19-14-29(12-7-9-21(19)25-26-23)36(33,34)18(5)13-30-22-10-8-11-28(35(6,31)32)15-20(22)24(27-30)17(3)4/h16-18H,7-15H2,1-6H3,(H,25,26). The summed E-state index contributed by atoms with van der Waals surface area (Å²) in [6, 6.07) is 0. The molecule has 0 saturated carbocycles. The van der Waals surface area contributed by atoms with Gasteiger partial charge in [-0.15, -0.1) is 0 Å². The van der Waals surface area contributed by atoms with Crippen molar-refractivity contribution in [2.24, 2.45) is 0 Å². The fourth-order valence-electron chi connectivity index (χ4n) is 5.36. The first-order chi connectivity index (χ1) is 16.8. The molecule has 4 rings (SSSR count). The summed E-state index contributed by atoms with van der Waals surface area (Å²) in [7, 11) is -6.94. The number of aromatic amines is 1. The van der Waals surface area contributed by atoms with Crippen molar-refractivity contribution in [1.29, 1.82) is 0 Å². The number of hydrogen-bond donors (Lipinski definition) is 1. The third kappa shape index (κ3) is 5.27. The van der Waals surface area contributed by atoms with Crippen LogP contribution in [0.5, 0.6) is 0 Å². The molecule has 0 spiro atoms. The van der Waals surface area contributed by atoms with E-state index in [4.69, 9.17) is 5.10 Å². The van der Waals surface area contributed by atoms with Crippen LogP contribution < -0.4 is 0 Å². The molecular formula is C24H40N6O4S2. The topological polar surface area (TPSA) is 121 Å². The molecule has 1 atom stereocenters. The zero-order chi connectivity index (χ0) is 26.4. The first-order valence-corrected chi connectivity index (χ1v) is 16.2. The van der Waals surface area contributed by atoms with E-state index in [2.05, 4.69) is 24.0 Å². The average molecular weight is 541 g/mol. The zero-order valence-electron chi connectivity index (χ0n) is 22.3. The Hall–Kier alpha value is -1.76. The van der Waals surface area contributed by atoms with Gasteiger partial charge in [0.15, 0.2) is 0 Å². The second-order valence-electron chi connectivity index (χ2n) is 10.9. The van der Waals surface area contributed by atoms with Gasteiger partial charge in [0.1, 0.15) is 0 Å². The predicted molar refractivity (Wildman–Crippen MR) is 140 cm³/mol. The Kier molecular flexibility index (Phi) is 7.72. The smallest absolute Gasteiger partial charge is 0.218 e. The summed E-state index contributed by atoms with van der Waals surface area (Å²) in [4.78, 5) is 0. The summed E-state index contributed by atoms with van der Waals surface area (Å²) in [6.07, 6.45) is 4.13. The Morgan fingerprint density at radius 1 is 0.861 bits per heavy atom. The summed E-state index contributed by atoms with van der Waals surface area (Å²) in [6.45, 7) is 11.8. The fourth-order valence-corrected chi connectivity index (χ4v) is 7.71. The van der Waals surface area contributed by atoms with Crippen LogP contribution in [0.3, 0.4) is 0 Å². The summed E-state index contributed by atoms with van der Waals surface area (Å²) in [5.41, 5.74) is 5.73. The van der Waals surface area contributed by atoms with E-state index in [1.807, 2.05) is 18.5 Å². The quantitative estimate of drug-likeness (QED) is 0.576. The van der Waals surface area contributed by atoms with Gasteiger partial charge < -0.3 is 0 Å². The SMILES string of the molecule is CC(C)c1n[nH]c2c1CN(S(=O)(=O)C(C)Cn1nc(C(C)C)c3c1CCCN(S(C)(=O)=O)C3)CCC2. The number of rotatable bonds is 7. The van der Waals surface area contributed by atoms with E-state index in [0.29, 0.717) is 32.5 Å². The Morgan fingerprint density at radius 2 is 1.47 bits per heavy atom. The number of H-pyrrole nitrogens is 1. The number of aromatic nitrogens is 4. The maximum atomic E-state index is 13.8. The first-order valence-electron chi connectivity index (χ1n) is 12.9. The molecule has 1 unspecified atom stereocenters. The molecule has 10 nitrogen and oxygen atoms in total. The van der Waals surface area contributed by atoms with Crippen molar-refractivity contribution in [2.45, 2.75) is 97.0 Å². The van der Waals surface area contributed by atoms with Crippen LogP contribution in [0, 0.1) is 0 Å². The highest BCUT2D eigenvalue weighted by molar-refractivity contribution is 7.89. The maximum Gasteiger partial charge on any atom is 0.218 e. The largest absolute Gasteiger partial charge is 0.282 e. The van der Waals surface area contributed by atoms with Crippen LogP contribution in [0.15, 0.2) is 0 Å². The molecule has 1 N–H and O–H groups in total. The zero-order valence-corrected chi connectivity index (χ0v) is 23.9. The second-order valence-corrected chi connectivity index (χ2v) is 15.2. The second kappa shape index (κ2) is 10.2. The Balaban J connectivity index is 1.62. The minimum atomic E-state index is -3.60. The van der Waals surface area contributed by atoms with E-state index in [-0.39, 0.29) is 24.9 Å². The van der Waals surface area contributed by atoms with Gasteiger partial charge in [-0.2, -0.15) is 18.8 Å². The van der Waals surface area contributed by atoms with Crippen molar-refractivity contribution in [2.75, 3.05) is 19.3 Å². The van der Waals surface area contributed by atoms with E-state index in [0.717, 1.165) is 46.7 Å². The van der Waals surface area contributed by atoms with Gasteiger partial charge in [-0.25, -0.2) is 16.8 Å². The van der Waals surface area contributed by atoms with Crippen molar-refractivity contribution in [3.8, 4) is 0 Å². The summed E-state index contributed by atoms with van der Waals surface area (Å²) < 4.78 is 57.1. The van der Waals surface area contributed by atoms with Crippen LogP contribution in [-0.2, 0) is 52.5 Å². The van der Waals surface area contributed by atoms with Crippen molar-refractivity contribution >= 4 is 20.0 Å². The number of aryl methyl sites for hydroxylation is 1. The van der Waals surface area contributed by atoms with Crippen molar-refractivity contribution in [1.82, 2.24) is 28.6 Å². The lowest BCUT2D eigenvalue weighted by Gasteiger charge is -2.25. The Labute approximate surface area is 215 Å². The van der Waals surface area contributed by atoms with E-state index >= 15 is 0 Å². The molecule has 0 radical (unpaired) electrons. The maximum absolute atomic E-state index is 13.8. The third-order valence-electron chi connectivity index (χ3n) is 7.37. The van der Waals surface area contributed by atoms with Gasteiger partial charge in [-0.3, -0.25) is 9.78 Å². The fraction of sp³-hybridized carbons (Fsp3) is 0.750. The number of fused-ring (bicyclic) bond motifs is 2. The monoisotopic (exact) mass is 540 g/mol.